The molecule has 0 unspecified atom stereocenters. The lowest BCUT2D eigenvalue weighted by Crippen LogP contribution is -2.40. The third kappa shape index (κ3) is 6.34. The summed E-state index contributed by atoms with van der Waals surface area (Å²) in [5, 5.41) is 3.41. The van der Waals surface area contributed by atoms with Gasteiger partial charge in [0.05, 0.1) is 6.61 Å². The number of hydrogen-bond donors (Lipinski definition) is 1. The minimum Gasteiger partial charge on any atom is -0.465 e. The van der Waals surface area contributed by atoms with Gasteiger partial charge in [0.2, 0.25) is 0 Å². The standard InChI is InChI=1S/C20H25NO2.ClH/c1-3-23-20(22)19(15-14-17-10-6-4-7-11-17)21-16(2)18-12-8-5-9-13-18;/h4-13,16,19,21H,3,14-15H2,1-2H3;1H/t16-,19+;/m1./s1. The first-order valence-electron chi connectivity index (χ1n) is 8.22. The molecule has 2 aromatic carbocycles. The highest BCUT2D eigenvalue weighted by Gasteiger charge is 2.22. The monoisotopic (exact) mass is 347 g/mol. The van der Waals surface area contributed by atoms with Crippen LogP contribution in [0.25, 0.3) is 0 Å². The number of hydrogen-bond acceptors (Lipinski definition) is 3. The SMILES string of the molecule is CCOC(=O)[C@H](CCc1ccccc1)N[C@H](C)c1ccccc1.Cl. The van der Waals surface area contributed by atoms with Gasteiger partial charge in [-0.25, -0.2) is 0 Å². The zero-order chi connectivity index (χ0) is 16.5. The molecule has 0 bridgehead atoms. The number of rotatable bonds is 8. The molecule has 2 rings (SSSR count). The summed E-state index contributed by atoms with van der Waals surface area (Å²) in [5.41, 5.74) is 2.40. The minimum atomic E-state index is -0.301. The van der Waals surface area contributed by atoms with E-state index in [9.17, 15) is 4.79 Å². The van der Waals surface area contributed by atoms with E-state index in [1.165, 1.54) is 11.1 Å². The Morgan fingerprint density at radius 1 is 1.04 bits per heavy atom. The first kappa shape index (κ1) is 20.2. The number of carbonyl (C=O) groups excluding carboxylic acids is 1. The summed E-state index contributed by atoms with van der Waals surface area (Å²) >= 11 is 0. The Hall–Kier alpha value is -1.84. The van der Waals surface area contributed by atoms with Gasteiger partial charge in [0.25, 0.3) is 0 Å². The van der Waals surface area contributed by atoms with Crippen molar-refractivity contribution in [3.8, 4) is 0 Å². The molecule has 0 aliphatic carbocycles. The summed E-state index contributed by atoms with van der Waals surface area (Å²) in [4.78, 5) is 12.2. The highest BCUT2D eigenvalue weighted by Crippen LogP contribution is 2.15. The van der Waals surface area contributed by atoms with Crippen LogP contribution in [0.15, 0.2) is 60.7 Å². The maximum atomic E-state index is 12.2. The zero-order valence-electron chi connectivity index (χ0n) is 14.3. The fraction of sp³-hybridized carbons (Fsp3) is 0.350. The molecule has 0 saturated carbocycles. The fourth-order valence-electron chi connectivity index (χ4n) is 2.61. The van der Waals surface area contributed by atoms with Gasteiger partial charge in [0.1, 0.15) is 6.04 Å². The van der Waals surface area contributed by atoms with Gasteiger partial charge in [-0.2, -0.15) is 0 Å². The van der Waals surface area contributed by atoms with Gasteiger partial charge in [-0.1, -0.05) is 60.7 Å². The first-order valence-corrected chi connectivity index (χ1v) is 8.22. The number of nitrogens with one attached hydrogen (secondary N) is 1. The lowest BCUT2D eigenvalue weighted by Gasteiger charge is -2.22. The molecule has 0 fully saturated rings. The van der Waals surface area contributed by atoms with E-state index in [2.05, 4.69) is 36.5 Å². The molecule has 1 N–H and O–H groups in total. The van der Waals surface area contributed by atoms with Crippen LogP contribution in [0, 0.1) is 0 Å². The Morgan fingerprint density at radius 3 is 2.21 bits per heavy atom. The van der Waals surface area contributed by atoms with Crippen LogP contribution in [0.2, 0.25) is 0 Å². The maximum absolute atomic E-state index is 12.2. The molecule has 0 aliphatic rings. The summed E-state index contributed by atoms with van der Waals surface area (Å²) in [6.07, 6.45) is 1.57. The second-order valence-corrected chi connectivity index (χ2v) is 5.63. The molecule has 0 amide bonds. The first-order chi connectivity index (χ1) is 11.2. The third-order valence-corrected chi connectivity index (χ3v) is 3.89. The average Bonchev–Trinajstić information content (AvgIpc) is 2.60. The highest BCUT2D eigenvalue weighted by molar-refractivity contribution is 5.85. The number of halogens is 1. The average molecular weight is 348 g/mol. The van der Waals surface area contributed by atoms with Gasteiger partial charge in [-0.15, -0.1) is 12.4 Å². The van der Waals surface area contributed by atoms with Crippen molar-refractivity contribution in [2.45, 2.75) is 38.8 Å². The number of benzene rings is 2. The molecule has 0 saturated heterocycles. The van der Waals surface area contributed by atoms with Crippen LogP contribution in [0.5, 0.6) is 0 Å². The largest absolute Gasteiger partial charge is 0.465 e. The van der Waals surface area contributed by atoms with Crippen LogP contribution in [0.3, 0.4) is 0 Å². The van der Waals surface area contributed by atoms with Crippen molar-refractivity contribution in [3.63, 3.8) is 0 Å². The molecular formula is C20H26ClNO2. The van der Waals surface area contributed by atoms with Gasteiger partial charge in [-0.3, -0.25) is 10.1 Å². The molecule has 0 aromatic heterocycles. The van der Waals surface area contributed by atoms with E-state index in [4.69, 9.17) is 4.74 Å². The van der Waals surface area contributed by atoms with E-state index < -0.39 is 0 Å². The lowest BCUT2D eigenvalue weighted by molar-refractivity contribution is -0.146. The maximum Gasteiger partial charge on any atom is 0.323 e. The molecule has 24 heavy (non-hydrogen) atoms. The Labute approximate surface area is 150 Å². The number of ether oxygens (including phenoxy) is 1. The van der Waals surface area contributed by atoms with Crippen LogP contribution < -0.4 is 5.32 Å². The van der Waals surface area contributed by atoms with Crippen molar-refractivity contribution in [1.29, 1.82) is 0 Å². The molecule has 4 heteroatoms. The van der Waals surface area contributed by atoms with Crippen LogP contribution in [-0.2, 0) is 16.0 Å². The summed E-state index contributed by atoms with van der Waals surface area (Å²) in [6, 6.07) is 20.2. The van der Waals surface area contributed by atoms with Crippen LogP contribution in [0.4, 0.5) is 0 Å². The summed E-state index contributed by atoms with van der Waals surface area (Å²) in [6.45, 7) is 4.32. The molecule has 0 aliphatic heterocycles. The second-order valence-electron chi connectivity index (χ2n) is 5.63. The smallest absolute Gasteiger partial charge is 0.323 e. The fourth-order valence-corrected chi connectivity index (χ4v) is 2.61. The van der Waals surface area contributed by atoms with Crippen molar-refractivity contribution in [2.75, 3.05) is 6.61 Å². The topological polar surface area (TPSA) is 38.3 Å². The normalized spacial score (nSPS) is 12.8. The summed E-state index contributed by atoms with van der Waals surface area (Å²) in [5.74, 6) is -0.175. The number of carbonyl (C=O) groups is 1. The van der Waals surface area contributed by atoms with E-state index in [0.717, 1.165) is 12.8 Å². The Bertz CT molecular complexity index is 589. The van der Waals surface area contributed by atoms with Crippen molar-refractivity contribution >= 4 is 18.4 Å². The zero-order valence-corrected chi connectivity index (χ0v) is 15.1. The Balaban J connectivity index is 0.00000288. The van der Waals surface area contributed by atoms with Gasteiger partial charge in [0, 0.05) is 6.04 Å². The Morgan fingerprint density at radius 2 is 1.62 bits per heavy atom. The molecule has 0 spiro atoms. The van der Waals surface area contributed by atoms with E-state index in [-0.39, 0.29) is 30.5 Å². The van der Waals surface area contributed by atoms with Crippen molar-refractivity contribution in [1.82, 2.24) is 5.32 Å². The van der Waals surface area contributed by atoms with Gasteiger partial charge < -0.3 is 4.74 Å². The highest BCUT2D eigenvalue weighted by atomic mass is 35.5. The number of esters is 1. The molecule has 3 nitrogen and oxygen atoms in total. The molecule has 2 atom stereocenters. The van der Waals surface area contributed by atoms with Gasteiger partial charge in [0.15, 0.2) is 0 Å². The molecule has 130 valence electrons. The van der Waals surface area contributed by atoms with Gasteiger partial charge >= 0.3 is 5.97 Å². The molecule has 0 radical (unpaired) electrons. The van der Waals surface area contributed by atoms with E-state index >= 15 is 0 Å². The molecular weight excluding hydrogens is 322 g/mol. The predicted octanol–water partition coefficient (Wildman–Crippen LogP) is 4.32. The predicted molar refractivity (Wildman–Crippen MR) is 100 cm³/mol. The second kappa shape index (κ2) is 10.8. The summed E-state index contributed by atoms with van der Waals surface area (Å²) in [7, 11) is 0. The van der Waals surface area contributed by atoms with Gasteiger partial charge in [-0.05, 0) is 37.8 Å². The molecule has 0 heterocycles. The Kier molecular flexibility index (Phi) is 9.13. The van der Waals surface area contributed by atoms with E-state index in [1.807, 2.05) is 43.3 Å². The van der Waals surface area contributed by atoms with Crippen LogP contribution in [0.1, 0.15) is 37.4 Å². The van der Waals surface area contributed by atoms with Crippen LogP contribution >= 0.6 is 12.4 Å². The minimum absolute atomic E-state index is 0. The van der Waals surface area contributed by atoms with E-state index in [1.54, 1.807) is 0 Å². The van der Waals surface area contributed by atoms with Crippen molar-refractivity contribution in [3.05, 3.63) is 71.8 Å². The van der Waals surface area contributed by atoms with E-state index in [0.29, 0.717) is 6.61 Å². The van der Waals surface area contributed by atoms with Crippen molar-refractivity contribution < 1.29 is 9.53 Å². The third-order valence-electron chi connectivity index (χ3n) is 3.89. The summed E-state index contributed by atoms with van der Waals surface area (Å²) < 4.78 is 5.23. The van der Waals surface area contributed by atoms with Crippen LogP contribution in [-0.4, -0.2) is 18.6 Å². The number of aryl methyl sites for hydroxylation is 1. The lowest BCUT2D eigenvalue weighted by atomic mass is 10.0. The van der Waals surface area contributed by atoms with Crippen molar-refractivity contribution in [2.24, 2.45) is 0 Å². The quantitative estimate of drug-likeness (QED) is 0.722. The molecule has 2 aromatic rings.